The summed E-state index contributed by atoms with van der Waals surface area (Å²) in [5, 5.41) is 22.1. The van der Waals surface area contributed by atoms with E-state index in [1.165, 1.54) is 0 Å². The van der Waals surface area contributed by atoms with Gasteiger partial charge in [0.2, 0.25) is 5.65 Å². The van der Waals surface area contributed by atoms with Gasteiger partial charge in [0, 0.05) is 25.0 Å². The van der Waals surface area contributed by atoms with Crippen LogP contribution in [-0.2, 0) is 13.7 Å². The van der Waals surface area contributed by atoms with E-state index < -0.39 is 0 Å². The minimum Gasteiger partial charge on any atom is -0.390 e. The summed E-state index contributed by atoms with van der Waals surface area (Å²) in [6, 6.07) is 3.76. The fraction of sp³-hybridized carbons (Fsp3) is 0.222. The maximum atomic E-state index is 9.51. The lowest BCUT2D eigenvalue weighted by molar-refractivity contribution is 0.275. The molecule has 0 bridgehead atoms. The molecule has 140 valence electrons. The van der Waals surface area contributed by atoms with E-state index in [1.807, 2.05) is 42.9 Å². The van der Waals surface area contributed by atoms with Crippen LogP contribution in [0.25, 0.3) is 28.2 Å². The molecule has 0 fully saturated rings. The molecule has 1 atom stereocenters. The first kappa shape index (κ1) is 16.5. The summed E-state index contributed by atoms with van der Waals surface area (Å²) in [7, 11) is 1.86. The predicted molar refractivity (Wildman–Crippen MR) is 100 cm³/mol. The maximum Gasteiger partial charge on any atom is 0.221 e. The molecular formula is C18H17N9O. The molecule has 10 heteroatoms. The summed E-state index contributed by atoms with van der Waals surface area (Å²) >= 11 is 0. The quantitative estimate of drug-likeness (QED) is 0.505. The first-order chi connectivity index (χ1) is 13.6. The number of aliphatic hydroxyl groups is 1. The maximum absolute atomic E-state index is 9.51. The highest BCUT2D eigenvalue weighted by Crippen LogP contribution is 2.23. The first-order valence-electron chi connectivity index (χ1n) is 8.78. The zero-order chi connectivity index (χ0) is 19.3. The van der Waals surface area contributed by atoms with E-state index in [0.717, 1.165) is 22.5 Å². The van der Waals surface area contributed by atoms with Crippen molar-refractivity contribution in [2.24, 2.45) is 7.05 Å². The average Bonchev–Trinajstić information content (AvgIpc) is 3.44. The molecule has 1 N–H and O–H groups in total. The number of aromatic nitrogens is 9. The molecule has 0 aliphatic heterocycles. The number of aryl methyl sites for hydroxylation is 1. The van der Waals surface area contributed by atoms with Crippen molar-refractivity contribution < 1.29 is 5.11 Å². The third-order valence-electron chi connectivity index (χ3n) is 4.81. The normalized spacial score (nSPS) is 12.8. The van der Waals surface area contributed by atoms with E-state index >= 15 is 0 Å². The van der Waals surface area contributed by atoms with Crippen LogP contribution in [-0.4, -0.2) is 49.2 Å². The molecule has 5 aromatic heterocycles. The number of aliphatic hydroxyl groups excluding tert-OH is 1. The SMILES string of the molecule is CC(c1ccc2ncc(CO)n2c1)n1nnc2ncc(-c3cnn(C)c3)nc21. The molecule has 0 amide bonds. The van der Waals surface area contributed by atoms with E-state index in [0.29, 0.717) is 17.0 Å². The molecule has 0 saturated heterocycles. The fourth-order valence-electron chi connectivity index (χ4n) is 3.24. The van der Waals surface area contributed by atoms with Gasteiger partial charge in [-0.25, -0.2) is 19.6 Å². The van der Waals surface area contributed by atoms with Gasteiger partial charge in [0.15, 0.2) is 5.65 Å². The standard InChI is InChI=1S/C18H17N9O/c1-11(12-3-4-16-19-6-14(10-28)26(16)9-12)27-18-17(23-24-27)20-7-15(22-18)13-5-21-25(2)8-13/h3-9,11,28H,10H2,1-2H3. The van der Waals surface area contributed by atoms with Crippen molar-refractivity contribution >= 4 is 16.9 Å². The summed E-state index contributed by atoms with van der Waals surface area (Å²) < 4.78 is 5.34. The zero-order valence-corrected chi connectivity index (χ0v) is 15.3. The van der Waals surface area contributed by atoms with Crippen LogP contribution < -0.4 is 0 Å². The Hall–Kier alpha value is -3.66. The fourth-order valence-corrected chi connectivity index (χ4v) is 3.24. The minimum atomic E-state index is -0.137. The first-order valence-corrected chi connectivity index (χ1v) is 8.78. The van der Waals surface area contributed by atoms with Gasteiger partial charge in [0.1, 0.15) is 5.65 Å². The van der Waals surface area contributed by atoms with E-state index in [1.54, 1.807) is 28.0 Å². The van der Waals surface area contributed by atoms with Gasteiger partial charge in [0.05, 0.1) is 42.6 Å². The highest BCUT2D eigenvalue weighted by atomic mass is 16.3. The Morgan fingerprint density at radius 3 is 2.79 bits per heavy atom. The van der Waals surface area contributed by atoms with Gasteiger partial charge < -0.3 is 9.51 Å². The number of imidazole rings is 1. The molecule has 0 radical (unpaired) electrons. The second kappa shape index (κ2) is 6.20. The van der Waals surface area contributed by atoms with Crippen molar-refractivity contribution in [2.75, 3.05) is 0 Å². The summed E-state index contributed by atoms with van der Waals surface area (Å²) in [6.07, 6.45) is 8.92. The van der Waals surface area contributed by atoms with Crippen molar-refractivity contribution in [2.45, 2.75) is 19.6 Å². The van der Waals surface area contributed by atoms with Crippen molar-refractivity contribution in [1.29, 1.82) is 0 Å². The number of fused-ring (bicyclic) bond motifs is 2. The third kappa shape index (κ3) is 2.54. The summed E-state index contributed by atoms with van der Waals surface area (Å²) in [5.41, 5.74) is 5.17. The monoisotopic (exact) mass is 375 g/mol. The highest BCUT2D eigenvalue weighted by Gasteiger charge is 2.17. The van der Waals surface area contributed by atoms with Gasteiger partial charge in [-0.15, -0.1) is 5.10 Å². The molecule has 0 aliphatic rings. The molecule has 5 aromatic rings. The van der Waals surface area contributed by atoms with Gasteiger partial charge in [-0.2, -0.15) is 5.10 Å². The Kier molecular flexibility index (Phi) is 3.66. The molecule has 0 aromatic carbocycles. The van der Waals surface area contributed by atoms with Crippen LogP contribution >= 0.6 is 0 Å². The smallest absolute Gasteiger partial charge is 0.221 e. The third-order valence-corrected chi connectivity index (χ3v) is 4.81. The van der Waals surface area contributed by atoms with Gasteiger partial charge in [0.25, 0.3) is 0 Å². The number of hydrogen-bond donors (Lipinski definition) is 1. The molecule has 10 nitrogen and oxygen atoms in total. The number of nitrogens with zero attached hydrogens (tertiary/aromatic N) is 9. The lowest BCUT2D eigenvalue weighted by Gasteiger charge is -2.13. The Morgan fingerprint density at radius 2 is 2.00 bits per heavy atom. The van der Waals surface area contributed by atoms with E-state index in [-0.39, 0.29) is 12.6 Å². The second-order valence-electron chi connectivity index (χ2n) is 6.61. The highest BCUT2D eigenvalue weighted by molar-refractivity contribution is 5.69. The minimum absolute atomic E-state index is 0.0782. The zero-order valence-electron chi connectivity index (χ0n) is 15.3. The Balaban J connectivity index is 1.60. The molecule has 0 aliphatic carbocycles. The van der Waals surface area contributed by atoms with Gasteiger partial charge in [-0.05, 0) is 18.6 Å². The van der Waals surface area contributed by atoms with Gasteiger partial charge in [-0.1, -0.05) is 11.3 Å². The second-order valence-corrected chi connectivity index (χ2v) is 6.61. The van der Waals surface area contributed by atoms with E-state index in [9.17, 15) is 5.11 Å². The lowest BCUT2D eigenvalue weighted by atomic mass is 10.1. The Bertz CT molecular complexity index is 1300. The largest absolute Gasteiger partial charge is 0.390 e. The molecule has 0 spiro atoms. The summed E-state index contributed by atoms with van der Waals surface area (Å²) in [6.45, 7) is 1.94. The Labute approximate surface area is 159 Å². The van der Waals surface area contributed by atoms with Crippen LogP contribution in [0.2, 0.25) is 0 Å². The molecule has 0 saturated carbocycles. The summed E-state index contributed by atoms with van der Waals surface area (Å²) in [4.78, 5) is 13.4. The summed E-state index contributed by atoms with van der Waals surface area (Å²) in [5.74, 6) is 0. The van der Waals surface area contributed by atoms with Crippen LogP contribution in [0, 0.1) is 0 Å². The molecule has 5 rings (SSSR count). The molecule has 5 heterocycles. The lowest BCUT2D eigenvalue weighted by Crippen LogP contribution is -2.11. The number of pyridine rings is 1. The van der Waals surface area contributed by atoms with Crippen LogP contribution in [0.3, 0.4) is 0 Å². The van der Waals surface area contributed by atoms with Crippen molar-refractivity contribution in [3.63, 3.8) is 0 Å². The van der Waals surface area contributed by atoms with Crippen molar-refractivity contribution in [1.82, 2.24) is 44.1 Å². The van der Waals surface area contributed by atoms with Gasteiger partial charge >= 0.3 is 0 Å². The van der Waals surface area contributed by atoms with E-state index in [2.05, 4.69) is 25.4 Å². The van der Waals surface area contributed by atoms with Crippen molar-refractivity contribution in [3.05, 3.63) is 54.4 Å². The van der Waals surface area contributed by atoms with Crippen molar-refractivity contribution in [3.8, 4) is 11.3 Å². The van der Waals surface area contributed by atoms with Gasteiger partial charge in [-0.3, -0.25) is 4.68 Å². The molecule has 1 unspecified atom stereocenters. The van der Waals surface area contributed by atoms with Crippen LogP contribution in [0.1, 0.15) is 24.2 Å². The predicted octanol–water partition coefficient (Wildman–Crippen LogP) is 1.37. The number of hydrogen-bond acceptors (Lipinski definition) is 7. The average molecular weight is 375 g/mol. The Morgan fingerprint density at radius 1 is 1.11 bits per heavy atom. The van der Waals surface area contributed by atoms with Crippen LogP contribution in [0.5, 0.6) is 0 Å². The van der Waals surface area contributed by atoms with Crippen LogP contribution in [0.4, 0.5) is 0 Å². The topological polar surface area (TPSA) is 112 Å². The molecule has 28 heavy (non-hydrogen) atoms. The number of rotatable bonds is 4. The van der Waals surface area contributed by atoms with E-state index in [4.69, 9.17) is 4.98 Å². The van der Waals surface area contributed by atoms with Crippen LogP contribution in [0.15, 0.2) is 43.1 Å². The molecular weight excluding hydrogens is 358 g/mol.